The van der Waals surface area contributed by atoms with Gasteiger partial charge in [-0.25, -0.2) is 4.79 Å². The molecule has 0 heterocycles. The molecule has 0 aliphatic heterocycles. The molecule has 2 saturated carbocycles. The van der Waals surface area contributed by atoms with E-state index in [4.69, 9.17) is 0 Å². The minimum Gasteiger partial charge on any atom is -0.480 e. The summed E-state index contributed by atoms with van der Waals surface area (Å²) in [7, 11) is 0. The van der Waals surface area contributed by atoms with Gasteiger partial charge in [0.05, 0.1) is 5.41 Å². The summed E-state index contributed by atoms with van der Waals surface area (Å²) >= 11 is 0. The maximum atomic E-state index is 12.4. The van der Waals surface area contributed by atoms with Gasteiger partial charge in [-0.2, -0.15) is 0 Å². The third-order valence-corrected chi connectivity index (χ3v) is 4.16. The SMILES string of the molecule is O=C(O)C(NC(=O)C1(c2ccccc2)CC1)C1CC1. The van der Waals surface area contributed by atoms with Crippen LogP contribution in [0.5, 0.6) is 0 Å². The lowest BCUT2D eigenvalue weighted by Crippen LogP contribution is -2.46. The number of carbonyl (C=O) groups excluding carboxylic acids is 1. The van der Waals surface area contributed by atoms with Gasteiger partial charge in [-0.05, 0) is 37.2 Å². The molecule has 0 spiro atoms. The summed E-state index contributed by atoms with van der Waals surface area (Å²) in [5, 5.41) is 11.9. The van der Waals surface area contributed by atoms with Gasteiger partial charge in [0, 0.05) is 0 Å². The van der Waals surface area contributed by atoms with Gasteiger partial charge in [0.1, 0.15) is 6.04 Å². The number of aliphatic carboxylic acids is 1. The molecule has 2 aliphatic carbocycles. The molecule has 4 nitrogen and oxygen atoms in total. The molecule has 2 N–H and O–H groups in total. The predicted octanol–water partition coefficient (Wildman–Crippen LogP) is 1.70. The molecule has 19 heavy (non-hydrogen) atoms. The molecular weight excluding hydrogens is 242 g/mol. The normalized spacial score (nSPS) is 21.5. The summed E-state index contributed by atoms with van der Waals surface area (Å²) in [6, 6.07) is 8.92. The summed E-state index contributed by atoms with van der Waals surface area (Å²) in [4.78, 5) is 23.6. The molecule has 0 saturated heterocycles. The molecule has 1 atom stereocenters. The lowest BCUT2D eigenvalue weighted by atomic mass is 9.94. The molecule has 2 aliphatic rings. The van der Waals surface area contributed by atoms with Crippen molar-refractivity contribution in [1.29, 1.82) is 0 Å². The van der Waals surface area contributed by atoms with Crippen molar-refractivity contribution in [2.75, 3.05) is 0 Å². The van der Waals surface area contributed by atoms with E-state index in [9.17, 15) is 14.7 Å². The third-order valence-electron chi connectivity index (χ3n) is 4.16. The van der Waals surface area contributed by atoms with Crippen LogP contribution in [0.2, 0.25) is 0 Å². The van der Waals surface area contributed by atoms with E-state index in [0.29, 0.717) is 0 Å². The Hall–Kier alpha value is -1.84. The maximum absolute atomic E-state index is 12.4. The Labute approximate surface area is 111 Å². The number of benzene rings is 1. The van der Waals surface area contributed by atoms with Crippen LogP contribution in [0.25, 0.3) is 0 Å². The number of hydrogen-bond acceptors (Lipinski definition) is 2. The lowest BCUT2D eigenvalue weighted by Gasteiger charge is -2.19. The molecule has 1 unspecified atom stereocenters. The van der Waals surface area contributed by atoms with E-state index in [0.717, 1.165) is 31.2 Å². The fraction of sp³-hybridized carbons (Fsp3) is 0.467. The second-order valence-corrected chi connectivity index (χ2v) is 5.57. The molecule has 3 rings (SSSR count). The Morgan fingerprint density at radius 3 is 2.32 bits per heavy atom. The summed E-state index contributed by atoms with van der Waals surface area (Å²) in [5.41, 5.74) is 0.511. The largest absolute Gasteiger partial charge is 0.480 e. The fourth-order valence-electron chi connectivity index (χ4n) is 2.62. The smallest absolute Gasteiger partial charge is 0.326 e. The Morgan fingerprint density at radius 1 is 1.21 bits per heavy atom. The summed E-state index contributed by atoms with van der Waals surface area (Å²) in [6.45, 7) is 0. The van der Waals surface area contributed by atoms with E-state index >= 15 is 0 Å². The van der Waals surface area contributed by atoms with Crippen LogP contribution in [0.3, 0.4) is 0 Å². The number of carboxylic acid groups (broad SMARTS) is 1. The van der Waals surface area contributed by atoms with E-state index in [1.54, 1.807) is 0 Å². The number of rotatable bonds is 5. The zero-order chi connectivity index (χ0) is 13.5. The quantitative estimate of drug-likeness (QED) is 0.845. The summed E-state index contributed by atoms with van der Waals surface area (Å²) < 4.78 is 0. The average Bonchev–Trinajstić information content (AvgIpc) is 3.29. The minimum atomic E-state index is -0.917. The molecule has 1 aromatic rings. The molecule has 1 amide bonds. The molecule has 1 aromatic carbocycles. The number of carbonyl (C=O) groups is 2. The molecule has 0 bridgehead atoms. The molecule has 0 radical (unpaired) electrons. The van der Waals surface area contributed by atoms with Gasteiger partial charge >= 0.3 is 5.97 Å². The van der Waals surface area contributed by atoms with Crippen molar-refractivity contribution in [2.45, 2.75) is 37.1 Å². The van der Waals surface area contributed by atoms with Crippen molar-refractivity contribution in [3.05, 3.63) is 35.9 Å². The average molecular weight is 259 g/mol. The van der Waals surface area contributed by atoms with Gasteiger partial charge in [-0.3, -0.25) is 4.79 Å². The van der Waals surface area contributed by atoms with Crippen molar-refractivity contribution < 1.29 is 14.7 Å². The predicted molar refractivity (Wildman–Crippen MR) is 69.6 cm³/mol. The molecular formula is C15H17NO3. The van der Waals surface area contributed by atoms with Crippen molar-refractivity contribution >= 4 is 11.9 Å². The maximum Gasteiger partial charge on any atom is 0.326 e. The Bertz CT molecular complexity index is 503. The highest BCUT2D eigenvalue weighted by molar-refractivity contribution is 5.94. The van der Waals surface area contributed by atoms with Crippen LogP contribution in [-0.2, 0) is 15.0 Å². The van der Waals surface area contributed by atoms with E-state index in [-0.39, 0.29) is 11.8 Å². The van der Waals surface area contributed by atoms with Crippen molar-refractivity contribution in [3.8, 4) is 0 Å². The van der Waals surface area contributed by atoms with Crippen LogP contribution in [0.1, 0.15) is 31.2 Å². The van der Waals surface area contributed by atoms with Crippen LogP contribution < -0.4 is 5.32 Å². The highest BCUT2D eigenvalue weighted by Gasteiger charge is 2.52. The molecule has 4 heteroatoms. The second kappa shape index (κ2) is 4.37. The third kappa shape index (κ3) is 2.23. The molecule has 2 fully saturated rings. The summed E-state index contributed by atoms with van der Waals surface area (Å²) in [5.74, 6) is -0.925. The number of amides is 1. The van der Waals surface area contributed by atoms with Crippen LogP contribution in [-0.4, -0.2) is 23.0 Å². The van der Waals surface area contributed by atoms with Crippen molar-refractivity contribution in [1.82, 2.24) is 5.32 Å². The van der Waals surface area contributed by atoms with Gasteiger partial charge in [-0.1, -0.05) is 30.3 Å². The van der Waals surface area contributed by atoms with Crippen LogP contribution in [0.4, 0.5) is 0 Å². The summed E-state index contributed by atoms with van der Waals surface area (Å²) in [6.07, 6.45) is 3.41. The van der Waals surface area contributed by atoms with E-state index in [1.165, 1.54) is 0 Å². The Kier molecular flexibility index (Phi) is 2.81. The first kappa shape index (κ1) is 12.2. The first-order valence-electron chi connectivity index (χ1n) is 6.73. The van der Waals surface area contributed by atoms with Crippen LogP contribution in [0.15, 0.2) is 30.3 Å². The van der Waals surface area contributed by atoms with Gasteiger partial charge in [0.15, 0.2) is 0 Å². The standard InChI is InChI=1S/C15H17NO3/c17-13(18)12(10-6-7-10)16-14(19)15(8-9-15)11-4-2-1-3-5-11/h1-5,10,12H,6-9H2,(H,16,19)(H,17,18). The van der Waals surface area contributed by atoms with E-state index < -0.39 is 17.4 Å². The van der Waals surface area contributed by atoms with Gasteiger partial charge < -0.3 is 10.4 Å². The molecule has 100 valence electrons. The van der Waals surface area contributed by atoms with Crippen LogP contribution >= 0.6 is 0 Å². The number of nitrogens with one attached hydrogen (secondary N) is 1. The van der Waals surface area contributed by atoms with Gasteiger partial charge in [0.25, 0.3) is 0 Å². The first-order chi connectivity index (χ1) is 9.13. The van der Waals surface area contributed by atoms with Gasteiger partial charge in [0.2, 0.25) is 5.91 Å². The zero-order valence-corrected chi connectivity index (χ0v) is 10.6. The lowest BCUT2D eigenvalue weighted by molar-refractivity contribution is -0.142. The van der Waals surface area contributed by atoms with Gasteiger partial charge in [-0.15, -0.1) is 0 Å². The Morgan fingerprint density at radius 2 is 1.84 bits per heavy atom. The van der Waals surface area contributed by atoms with E-state index in [1.807, 2.05) is 30.3 Å². The highest BCUT2D eigenvalue weighted by Crippen LogP contribution is 2.48. The minimum absolute atomic E-state index is 0.119. The first-order valence-corrected chi connectivity index (χ1v) is 6.73. The second-order valence-electron chi connectivity index (χ2n) is 5.57. The topological polar surface area (TPSA) is 66.4 Å². The number of hydrogen-bond donors (Lipinski definition) is 2. The zero-order valence-electron chi connectivity index (χ0n) is 10.6. The van der Waals surface area contributed by atoms with Crippen molar-refractivity contribution in [3.63, 3.8) is 0 Å². The Balaban J connectivity index is 1.75. The number of carboxylic acids is 1. The fourth-order valence-corrected chi connectivity index (χ4v) is 2.62. The van der Waals surface area contributed by atoms with Crippen molar-refractivity contribution in [2.24, 2.45) is 5.92 Å². The highest BCUT2D eigenvalue weighted by atomic mass is 16.4. The van der Waals surface area contributed by atoms with Crippen LogP contribution in [0, 0.1) is 5.92 Å². The monoisotopic (exact) mass is 259 g/mol. The molecule has 0 aromatic heterocycles. The van der Waals surface area contributed by atoms with E-state index in [2.05, 4.69) is 5.32 Å².